The Kier molecular flexibility index (Phi) is 4.15. The Balaban J connectivity index is 2.06. The highest BCUT2D eigenvalue weighted by molar-refractivity contribution is 5.87. The zero-order valence-corrected chi connectivity index (χ0v) is 10.4. The van der Waals surface area contributed by atoms with Crippen LogP contribution in [0, 0.1) is 0 Å². The van der Waals surface area contributed by atoms with E-state index in [9.17, 15) is 4.79 Å². The first kappa shape index (κ1) is 13.1. The molecule has 4 nitrogen and oxygen atoms in total. The Hall–Kier alpha value is -2.33. The summed E-state index contributed by atoms with van der Waals surface area (Å²) in [6.07, 6.45) is 0.841. The van der Waals surface area contributed by atoms with Crippen LogP contribution in [-0.4, -0.2) is 17.6 Å². The number of ether oxygens (including phenoxy) is 1. The highest BCUT2D eigenvalue weighted by Gasteiger charge is 2.03. The molecule has 0 heterocycles. The van der Waals surface area contributed by atoms with Crippen LogP contribution in [0.15, 0.2) is 48.5 Å². The van der Waals surface area contributed by atoms with E-state index in [1.165, 1.54) is 12.1 Å². The fourth-order valence-electron chi connectivity index (χ4n) is 1.69. The summed E-state index contributed by atoms with van der Waals surface area (Å²) in [5.74, 6) is 0.373. The monoisotopic (exact) mass is 257 g/mol. The first-order valence-corrected chi connectivity index (χ1v) is 5.99. The topological polar surface area (TPSA) is 72.5 Å². The Morgan fingerprint density at radius 3 is 2.00 bits per heavy atom. The van der Waals surface area contributed by atoms with E-state index in [0.29, 0.717) is 18.0 Å². The zero-order valence-electron chi connectivity index (χ0n) is 10.4. The first-order valence-electron chi connectivity index (χ1n) is 5.99. The van der Waals surface area contributed by atoms with Crippen molar-refractivity contribution in [3.8, 4) is 11.5 Å². The van der Waals surface area contributed by atoms with Crippen LogP contribution in [0.25, 0.3) is 0 Å². The third kappa shape index (κ3) is 3.56. The van der Waals surface area contributed by atoms with Gasteiger partial charge >= 0.3 is 5.97 Å². The van der Waals surface area contributed by atoms with Gasteiger partial charge in [-0.1, -0.05) is 12.1 Å². The number of carboxylic acids is 1. The highest BCUT2D eigenvalue weighted by Crippen LogP contribution is 2.22. The zero-order chi connectivity index (χ0) is 13.7. The Bertz CT molecular complexity index is 547. The Morgan fingerprint density at radius 2 is 1.53 bits per heavy atom. The van der Waals surface area contributed by atoms with Crippen molar-refractivity contribution >= 4 is 5.97 Å². The van der Waals surface area contributed by atoms with Crippen LogP contribution in [0.4, 0.5) is 0 Å². The fraction of sp³-hybridized carbons (Fsp3) is 0.133. The van der Waals surface area contributed by atoms with Gasteiger partial charge in [-0.2, -0.15) is 0 Å². The minimum atomic E-state index is -0.947. The number of hydrogen-bond donors (Lipinski definition) is 2. The van der Waals surface area contributed by atoms with Crippen LogP contribution in [-0.2, 0) is 6.42 Å². The molecule has 0 amide bonds. The van der Waals surface area contributed by atoms with Gasteiger partial charge in [0.15, 0.2) is 0 Å². The van der Waals surface area contributed by atoms with Crippen LogP contribution in [0.5, 0.6) is 11.5 Å². The van der Waals surface area contributed by atoms with Gasteiger partial charge in [-0.15, -0.1) is 0 Å². The Morgan fingerprint density at radius 1 is 1.00 bits per heavy atom. The van der Waals surface area contributed by atoms with Crippen molar-refractivity contribution in [1.29, 1.82) is 0 Å². The maximum absolute atomic E-state index is 10.7. The molecule has 4 heteroatoms. The van der Waals surface area contributed by atoms with Crippen molar-refractivity contribution < 1.29 is 14.6 Å². The number of benzene rings is 2. The van der Waals surface area contributed by atoms with E-state index < -0.39 is 5.97 Å². The molecule has 0 aromatic heterocycles. The Labute approximate surface area is 111 Å². The van der Waals surface area contributed by atoms with E-state index in [2.05, 4.69) is 0 Å². The predicted octanol–water partition coefficient (Wildman–Crippen LogP) is 2.68. The lowest BCUT2D eigenvalue weighted by Gasteiger charge is -2.06. The van der Waals surface area contributed by atoms with E-state index in [0.717, 1.165) is 12.0 Å². The van der Waals surface area contributed by atoms with Gasteiger partial charge in [-0.25, -0.2) is 4.79 Å². The molecule has 3 N–H and O–H groups in total. The summed E-state index contributed by atoms with van der Waals surface area (Å²) in [7, 11) is 0. The lowest BCUT2D eigenvalue weighted by molar-refractivity contribution is 0.0697. The lowest BCUT2D eigenvalue weighted by atomic mass is 10.1. The summed E-state index contributed by atoms with van der Waals surface area (Å²) >= 11 is 0. The minimum absolute atomic E-state index is 0.241. The lowest BCUT2D eigenvalue weighted by Crippen LogP contribution is -2.02. The van der Waals surface area contributed by atoms with Gasteiger partial charge in [0, 0.05) is 0 Å². The molecule has 0 aliphatic carbocycles. The van der Waals surface area contributed by atoms with Crippen LogP contribution in [0.1, 0.15) is 15.9 Å². The second-order valence-electron chi connectivity index (χ2n) is 4.11. The molecule has 19 heavy (non-hydrogen) atoms. The van der Waals surface area contributed by atoms with Crippen molar-refractivity contribution in [1.82, 2.24) is 0 Å². The van der Waals surface area contributed by atoms with Gasteiger partial charge in [0.1, 0.15) is 11.5 Å². The fourth-order valence-corrected chi connectivity index (χ4v) is 1.69. The van der Waals surface area contributed by atoms with E-state index in [-0.39, 0.29) is 5.56 Å². The third-order valence-corrected chi connectivity index (χ3v) is 2.69. The maximum atomic E-state index is 10.7. The van der Waals surface area contributed by atoms with Crippen LogP contribution >= 0.6 is 0 Å². The summed E-state index contributed by atoms with van der Waals surface area (Å²) in [6.45, 7) is 0.622. The molecule has 0 fully saturated rings. The average molecular weight is 257 g/mol. The van der Waals surface area contributed by atoms with Gasteiger partial charge < -0.3 is 15.6 Å². The molecular formula is C15H15NO3. The number of carboxylic acid groups (broad SMARTS) is 1. The number of carbonyl (C=O) groups is 1. The minimum Gasteiger partial charge on any atom is -0.478 e. The molecule has 0 aliphatic heterocycles. The van der Waals surface area contributed by atoms with E-state index in [1.807, 2.05) is 24.3 Å². The van der Waals surface area contributed by atoms with E-state index in [4.69, 9.17) is 15.6 Å². The average Bonchev–Trinajstić information content (AvgIpc) is 2.42. The largest absolute Gasteiger partial charge is 0.478 e. The van der Waals surface area contributed by atoms with Crippen LogP contribution in [0.3, 0.4) is 0 Å². The summed E-state index contributed by atoms with van der Waals surface area (Å²) in [5, 5.41) is 8.80. The molecule has 0 unspecified atom stereocenters. The van der Waals surface area contributed by atoms with Gasteiger partial charge in [-0.3, -0.25) is 0 Å². The van der Waals surface area contributed by atoms with E-state index in [1.54, 1.807) is 12.1 Å². The van der Waals surface area contributed by atoms with Gasteiger partial charge in [0.05, 0.1) is 5.56 Å². The molecule has 0 saturated carbocycles. The smallest absolute Gasteiger partial charge is 0.335 e. The molecule has 98 valence electrons. The highest BCUT2D eigenvalue weighted by atomic mass is 16.5. The molecule has 2 aromatic rings. The second-order valence-corrected chi connectivity index (χ2v) is 4.11. The number of hydrogen-bond acceptors (Lipinski definition) is 3. The molecule has 0 radical (unpaired) electrons. The van der Waals surface area contributed by atoms with Crippen molar-refractivity contribution in [2.45, 2.75) is 6.42 Å². The molecular weight excluding hydrogens is 242 g/mol. The first-order chi connectivity index (χ1) is 9.19. The normalized spacial score (nSPS) is 10.2. The van der Waals surface area contributed by atoms with Crippen molar-refractivity contribution in [2.75, 3.05) is 6.54 Å². The molecule has 2 rings (SSSR count). The van der Waals surface area contributed by atoms with Gasteiger partial charge in [0.2, 0.25) is 0 Å². The van der Waals surface area contributed by atoms with Crippen LogP contribution in [0.2, 0.25) is 0 Å². The summed E-state index contributed by atoms with van der Waals surface area (Å²) in [5.41, 5.74) is 6.89. The van der Waals surface area contributed by atoms with Crippen LogP contribution < -0.4 is 10.5 Å². The quantitative estimate of drug-likeness (QED) is 0.863. The molecule has 0 spiro atoms. The number of aromatic carboxylic acids is 1. The van der Waals surface area contributed by atoms with Gasteiger partial charge in [-0.05, 0) is 54.9 Å². The standard InChI is InChI=1S/C15H15NO3/c16-10-9-11-1-5-13(6-2-11)19-14-7-3-12(4-8-14)15(17)18/h1-8H,9-10,16H2,(H,17,18). The van der Waals surface area contributed by atoms with E-state index >= 15 is 0 Å². The number of nitrogens with two attached hydrogens (primary N) is 1. The summed E-state index contributed by atoms with van der Waals surface area (Å²) in [4.78, 5) is 10.7. The summed E-state index contributed by atoms with van der Waals surface area (Å²) in [6, 6.07) is 14.0. The van der Waals surface area contributed by atoms with Crippen molar-refractivity contribution in [2.24, 2.45) is 5.73 Å². The maximum Gasteiger partial charge on any atom is 0.335 e. The van der Waals surface area contributed by atoms with Crippen molar-refractivity contribution in [3.63, 3.8) is 0 Å². The summed E-state index contributed by atoms with van der Waals surface area (Å²) < 4.78 is 5.62. The third-order valence-electron chi connectivity index (χ3n) is 2.69. The van der Waals surface area contributed by atoms with Crippen molar-refractivity contribution in [3.05, 3.63) is 59.7 Å². The molecule has 0 saturated heterocycles. The molecule has 2 aromatic carbocycles. The second kappa shape index (κ2) is 6.02. The van der Waals surface area contributed by atoms with Gasteiger partial charge in [0.25, 0.3) is 0 Å². The number of rotatable bonds is 5. The molecule has 0 aliphatic rings. The predicted molar refractivity (Wildman–Crippen MR) is 72.7 cm³/mol. The molecule has 0 bridgehead atoms. The SMILES string of the molecule is NCCc1ccc(Oc2ccc(C(=O)O)cc2)cc1. The molecule has 0 atom stereocenters.